The van der Waals surface area contributed by atoms with Crippen LogP contribution in [-0.4, -0.2) is 26.5 Å². The minimum Gasteiger partial charge on any atom is -0.504 e. The number of ether oxygens (including phenoxy) is 1. The highest BCUT2D eigenvalue weighted by Gasteiger charge is 2.18. The number of aromatic nitrogens is 3. The number of hydrogen-bond acceptors (Lipinski definition) is 5. The molecule has 0 aliphatic heterocycles. The number of aromatic amines is 1. The Morgan fingerprint density at radius 3 is 2.57 bits per heavy atom. The molecule has 118 valence electrons. The van der Waals surface area contributed by atoms with Crippen molar-refractivity contribution in [3.63, 3.8) is 0 Å². The van der Waals surface area contributed by atoms with Crippen molar-refractivity contribution in [2.75, 3.05) is 0 Å². The Morgan fingerprint density at radius 1 is 1.09 bits per heavy atom. The smallest absolute Gasteiger partial charge is 0.343 e. The quantitative estimate of drug-likeness (QED) is 0.560. The van der Waals surface area contributed by atoms with Crippen molar-refractivity contribution in [1.29, 1.82) is 0 Å². The van der Waals surface area contributed by atoms with E-state index in [0.29, 0.717) is 16.6 Å². The first-order valence-electron chi connectivity index (χ1n) is 7.21. The summed E-state index contributed by atoms with van der Waals surface area (Å²) in [7, 11) is 0. The molecule has 0 aliphatic carbocycles. The molecule has 0 saturated carbocycles. The maximum absolute atomic E-state index is 12.3. The van der Waals surface area contributed by atoms with E-state index in [9.17, 15) is 9.90 Å². The zero-order valence-electron chi connectivity index (χ0n) is 13.1. The van der Waals surface area contributed by atoms with Gasteiger partial charge in [0.05, 0.1) is 5.56 Å². The van der Waals surface area contributed by atoms with Crippen LogP contribution in [0.25, 0.3) is 11.0 Å². The second kappa shape index (κ2) is 5.39. The molecule has 2 aromatic carbocycles. The number of H-pyrrole nitrogens is 1. The molecule has 0 amide bonds. The van der Waals surface area contributed by atoms with E-state index in [2.05, 4.69) is 15.4 Å². The maximum atomic E-state index is 12.3. The molecule has 23 heavy (non-hydrogen) atoms. The lowest BCUT2D eigenvalue weighted by molar-refractivity contribution is 0.0729. The second-order valence-corrected chi connectivity index (χ2v) is 6.35. The monoisotopic (exact) mass is 311 g/mol. The molecule has 0 spiro atoms. The number of phenolic OH excluding ortho intramolecular Hbond substituents is 1. The van der Waals surface area contributed by atoms with Gasteiger partial charge in [0.2, 0.25) is 0 Å². The Hall–Kier alpha value is -2.89. The summed E-state index contributed by atoms with van der Waals surface area (Å²) in [6.45, 7) is 6.14. The number of carbonyl (C=O) groups is 1. The predicted octanol–water partition coefficient (Wildman–Crippen LogP) is 3.18. The fourth-order valence-electron chi connectivity index (χ4n) is 2.19. The molecule has 0 fully saturated rings. The molecule has 3 aromatic rings. The van der Waals surface area contributed by atoms with Gasteiger partial charge in [-0.25, -0.2) is 4.79 Å². The van der Waals surface area contributed by atoms with Gasteiger partial charge in [-0.05, 0) is 41.3 Å². The largest absolute Gasteiger partial charge is 0.504 e. The standard InChI is InChI=1S/C17H17N3O3/c1-17(2,3)11-5-7-14(21)15(9-11)23-16(22)10-4-6-12-13(8-10)19-20-18-12/h4-9,21H,1-3H3,(H,18,19,20). The number of esters is 1. The molecule has 6 nitrogen and oxygen atoms in total. The van der Waals surface area contributed by atoms with Crippen LogP contribution in [0.15, 0.2) is 36.4 Å². The van der Waals surface area contributed by atoms with Crippen LogP contribution < -0.4 is 4.74 Å². The van der Waals surface area contributed by atoms with Gasteiger partial charge in [0, 0.05) is 0 Å². The highest BCUT2D eigenvalue weighted by atomic mass is 16.5. The van der Waals surface area contributed by atoms with Crippen molar-refractivity contribution in [2.24, 2.45) is 0 Å². The zero-order chi connectivity index (χ0) is 16.6. The number of nitrogens with zero attached hydrogens (tertiary/aromatic N) is 2. The number of hydrogen-bond donors (Lipinski definition) is 2. The molecule has 2 N–H and O–H groups in total. The lowest BCUT2D eigenvalue weighted by Gasteiger charge is -2.20. The second-order valence-electron chi connectivity index (χ2n) is 6.35. The number of phenols is 1. The Bertz CT molecular complexity index is 878. The summed E-state index contributed by atoms with van der Waals surface area (Å²) in [6, 6.07) is 9.91. The summed E-state index contributed by atoms with van der Waals surface area (Å²) in [6.07, 6.45) is 0. The van der Waals surface area contributed by atoms with E-state index in [4.69, 9.17) is 4.74 Å². The van der Waals surface area contributed by atoms with Gasteiger partial charge in [0.25, 0.3) is 0 Å². The van der Waals surface area contributed by atoms with E-state index in [0.717, 1.165) is 5.56 Å². The molecule has 0 bridgehead atoms. The highest BCUT2D eigenvalue weighted by Crippen LogP contribution is 2.32. The number of nitrogens with one attached hydrogen (secondary N) is 1. The van der Waals surface area contributed by atoms with E-state index in [-0.39, 0.29) is 16.9 Å². The fourth-order valence-corrected chi connectivity index (χ4v) is 2.19. The average Bonchev–Trinajstić information content (AvgIpc) is 2.95. The topological polar surface area (TPSA) is 88.1 Å². The third-order valence-corrected chi connectivity index (χ3v) is 3.58. The predicted molar refractivity (Wildman–Crippen MR) is 85.7 cm³/mol. The van der Waals surface area contributed by atoms with Crippen molar-refractivity contribution in [1.82, 2.24) is 15.4 Å². The van der Waals surface area contributed by atoms with Crippen LogP contribution in [-0.2, 0) is 5.41 Å². The normalized spacial score (nSPS) is 11.6. The Kier molecular flexibility index (Phi) is 3.52. The van der Waals surface area contributed by atoms with E-state index in [1.54, 1.807) is 24.3 Å². The summed E-state index contributed by atoms with van der Waals surface area (Å²) >= 11 is 0. The number of carbonyl (C=O) groups excluding carboxylic acids is 1. The lowest BCUT2D eigenvalue weighted by Crippen LogP contribution is -2.13. The SMILES string of the molecule is CC(C)(C)c1ccc(O)c(OC(=O)c2ccc3n[nH]nc3c2)c1. The number of fused-ring (bicyclic) bond motifs is 1. The molecule has 0 aliphatic rings. The van der Waals surface area contributed by atoms with Gasteiger partial charge >= 0.3 is 5.97 Å². The molecule has 1 heterocycles. The van der Waals surface area contributed by atoms with Crippen LogP contribution in [0.5, 0.6) is 11.5 Å². The van der Waals surface area contributed by atoms with Gasteiger partial charge in [0.15, 0.2) is 11.5 Å². The maximum Gasteiger partial charge on any atom is 0.343 e. The first-order chi connectivity index (χ1) is 10.8. The minimum atomic E-state index is -0.559. The van der Waals surface area contributed by atoms with Gasteiger partial charge in [-0.3, -0.25) is 0 Å². The Morgan fingerprint density at radius 2 is 1.83 bits per heavy atom. The van der Waals surface area contributed by atoms with Gasteiger partial charge in [-0.15, -0.1) is 0 Å². The first kappa shape index (κ1) is 15.0. The third-order valence-electron chi connectivity index (χ3n) is 3.58. The summed E-state index contributed by atoms with van der Waals surface area (Å²) < 4.78 is 5.35. The van der Waals surface area contributed by atoms with E-state index < -0.39 is 5.97 Å². The van der Waals surface area contributed by atoms with Gasteiger partial charge in [0.1, 0.15) is 11.0 Å². The van der Waals surface area contributed by atoms with Crippen LogP contribution in [0.2, 0.25) is 0 Å². The van der Waals surface area contributed by atoms with Crippen molar-refractivity contribution >= 4 is 17.0 Å². The molecule has 0 radical (unpaired) electrons. The zero-order valence-corrected chi connectivity index (χ0v) is 13.1. The van der Waals surface area contributed by atoms with E-state index in [1.807, 2.05) is 26.8 Å². The van der Waals surface area contributed by atoms with Crippen molar-refractivity contribution < 1.29 is 14.6 Å². The molecular formula is C17H17N3O3. The van der Waals surface area contributed by atoms with Gasteiger partial charge in [-0.1, -0.05) is 26.8 Å². The van der Waals surface area contributed by atoms with Crippen LogP contribution in [0, 0.1) is 0 Å². The summed E-state index contributed by atoms with van der Waals surface area (Å²) in [4.78, 5) is 12.3. The van der Waals surface area contributed by atoms with Crippen molar-refractivity contribution in [2.45, 2.75) is 26.2 Å². The molecule has 6 heteroatoms. The van der Waals surface area contributed by atoms with Crippen molar-refractivity contribution in [3.8, 4) is 11.5 Å². The first-order valence-corrected chi connectivity index (χ1v) is 7.21. The van der Waals surface area contributed by atoms with Crippen LogP contribution in [0.1, 0.15) is 36.7 Å². The Balaban J connectivity index is 1.90. The van der Waals surface area contributed by atoms with Gasteiger partial charge < -0.3 is 9.84 Å². The molecule has 0 atom stereocenters. The van der Waals surface area contributed by atoms with E-state index in [1.165, 1.54) is 6.07 Å². The number of benzene rings is 2. The van der Waals surface area contributed by atoms with Gasteiger partial charge in [-0.2, -0.15) is 15.4 Å². The average molecular weight is 311 g/mol. The molecule has 0 unspecified atom stereocenters. The molecule has 1 aromatic heterocycles. The number of aromatic hydroxyl groups is 1. The van der Waals surface area contributed by atoms with Crippen LogP contribution in [0.3, 0.4) is 0 Å². The fraction of sp³-hybridized carbons (Fsp3) is 0.235. The minimum absolute atomic E-state index is 0.0751. The van der Waals surface area contributed by atoms with Crippen LogP contribution in [0.4, 0.5) is 0 Å². The van der Waals surface area contributed by atoms with Crippen molar-refractivity contribution in [3.05, 3.63) is 47.5 Å². The summed E-state index contributed by atoms with van der Waals surface area (Å²) in [5, 5.41) is 20.3. The molecule has 0 saturated heterocycles. The molecule has 3 rings (SSSR count). The number of rotatable bonds is 2. The summed E-state index contributed by atoms with van der Waals surface area (Å²) in [5.41, 5.74) is 2.43. The van der Waals surface area contributed by atoms with E-state index >= 15 is 0 Å². The Labute approximate surface area is 133 Å². The molecular weight excluding hydrogens is 294 g/mol. The summed E-state index contributed by atoms with van der Waals surface area (Å²) in [5.74, 6) is -0.493. The third kappa shape index (κ3) is 3.01. The van der Waals surface area contributed by atoms with Crippen LogP contribution >= 0.6 is 0 Å². The lowest BCUT2D eigenvalue weighted by atomic mass is 9.87. The highest BCUT2D eigenvalue weighted by molar-refractivity contribution is 5.94.